The molecule has 2 rings (SSSR count). The largest absolute Gasteiger partial charge is 0.338 e. The summed E-state index contributed by atoms with van der Waals surface area (Å²) in [5, 5.41) is 3.89. The van der Waals surface area contributed by atoms with Crippen LogP contribution in [0, 0.1) is 0 Å². The summed E-state index contributed by atoms with van der Waals surface area (Å²) in [5.41, 5.74) is 0.993. The van der Waals surface area contributed by atoms with Crippen molar-refractivity contribution in [2.24, 2.45) is 0 Å². The number of carbonyl (C=O) groups is 1. The minimum Gasteiger partial charge on any atom is -0.338 e. The van der Waals surface area contributed by atoms with Crippen molar-refractivity contribution in [3.05, 3.63) is 29.9 Å². The molecule has 1 amide bonds. The Morgan fingerprint density at radius 2 is 2.30 bits per heavy atom. The van der Waals surface area contributed by atoms with Gasteiger partial charge in [0, 0.05) is 18.5 Å². The summed E-state index contributed by atoms with van der Waals surface area (Å²) < 4.78 is 0. The molecule has 4 nitrogen and oxygen atoms in total. The van der Waals surface area contributed by atoms with Crippen LogP contribution < -0.4 is 0 Å². The molecule has 0 atom stereocenters. The summed E-state index contributed by atoms with van der Waals surface area (Å²) in [7, 11) is 0. The van der Waals surface area contributed by atoms with E-state index in [0.29, 0.717) is 18.8 Å². The Balaban J connectivity index is 2.02. The van der Waals surface area contributed by atoms with E-state index in [2.05, 4.69) is 16.5 Å². The number of thioether (sulfide) groups is 1. The molecule has 0 N–H and O–H groups in total. The van der Waals surface area contributed by atoms with Gasteiger partial charge in [-0.15, -0.1) is 11.3 Å². The summed E-state index contributed by atoms with van der Waals surface area (Å²) in [6.45, 7) is 9.09. The lowest BCUT2D eigenvalue weighted by atomic mass is 10.3. The van der Waals surface area contributed by atoms with Gasteiger partial charge in [0.05, 0.1) is 5.75 Å². The van der Waals surface area contributed by atoms with Crippen LogP contribution in [-0.2, 0) is 4.79 Å². The maximum absolute atomic E-state index is 12.2. The zero-order valence-electron chi connectivity index (χ0n) is 11.6. The first-order valence-electron chi connectivity index (χ1n) is 6.35. The number of nitrogens with zero attached hydrogens (tertiary/aromatic N) is 3. The molecule has 0 saturated carbocycles. The third kappa shape index (κ3) is 3.58. The minimum atomic E-state index is 0.113. The topological polar surface area (TPSA) is 46.1 Å². The van der Waals surface area contributed by atoms with Crippen LogP contribution in [-0.4, -0.2) is 39.6 Å². The molecule has 2 aromatic heterocycles. The van der Waals surface area contributed by atoms with E-state index in [9.17, 15) is 4.79 Å². The van der Waals surface area contributed by atoms with E-state index in [1.54, 1.807) is 22.6 Å². The fourth-order valence-electron chi connectivity index (χ4n) is 1.81. The standard InChI is InChI=1S/C14H17N3OS2/c1-4-17(7-10(2)3)12(18)8-20-14-11-5-6-19-13(11)15-9-16-14/h5-6,9H,2,4,7-8H2,1,3H3. The molecular weight excluding hydrogens is 290 g/mol. The van der Waals surface area contributed by atoms with Gasteiger partial charge in [-0.05, 0) is 25.3 Å². The highest BCUT2D eigenvalue weighted by molar-refractivity contribution is 8.00. The maximum Gasteiger partial charge on any atom is 0.233 e. The second kappa shape index (κ2) is 6.85. The van der Waals surface area contributed by atoms with Crippen LogP contribution in [0.5, 0.6) is 0 Å². The number of amides is 1. The van der Waals surface area contributed by atoms with Crippen molar-refractivity contribution in [2.45, 2.75) is 18.9 Å². The quantitative estimate of drug-likeness (QED) is 0.467. The molecule has 0 fully saturated rings. The zero-order chi connectivity index (χ0) is 14.5. The minimum absolute atomic E-state index is 0.113. The molecular formula is C14H17N3OS2. The van der Waals surface area contributed by atoms with Gasteiger partial charge in [-0.3, -0.25) is 4.79 Å². The Labute approximate surface area is 126 Å². The van der Waals surface area contributed by atoms with Crippen LogP contribution >= 0.6 is 23.1 Å². The second-order valence-electron chi connectivity index (χ2n) is 4.47. The second-order valence-corrected chi connectivity index (χ2v) is 6.33. The van der Waals surface area contributed by atoms with E-state index in [0.717, 1.165) is 20.8 Å². The van der Waals surface area contributed by atoms with Crippen LogP contribution in [0.25, 0.3) is 10.2 Å². The molecule has 2 aromatic rings. The van der Waals surface area contributed by atoms with Gasteiger partial charge in [0.25, 0.3) is 0 Å². The van der Waals surface area contributed by atoms with E-state index < -0.39 is 0 Å². The third-order valence-corrected chi connectivity index (χ3v) is 4.56. The Kier molecular flexibility index (Phi) is 5.14. The summed E-state index contributed by atoms with van der Waals surface area (Å²) in [5.74, 6) is 0.505. The van der Waals surface area contributed by atoms with Crippen LogP contribution in [0.3, 0.4) is 0 Å². The molecule has 0 unspecified atom stereocenters. The lowest BCUT2D eigenvalue weighted by molar-refractivity contribution is -0.127. The fourth-order valence-corrected chi connectivity index (χ4v) is 3.49. The lowest BCUT2D eigenvalue weighted by Gasteiger charge is -2.20. The van der Waals surface area contributed by atoms with Crippen molar-refractivity contribution in [1.82, 2.24) is 14.9 Å². The van der Waals surface area contributed by atoms with E-state index >= 15 is 0 Å². The number of aromatic nitrogens is 2. The van der Waals surface area contributed by atoms with E-state index in [1.165, 1.54) is 11.8 Å². The summed E-state index contributed by atoms with van der Waals surface area (Å²) in [6.07, 6.45) is 1.55. The SMILES string of the molecule is C=C(C)CN(CC)C(=O)CSc1ncnc2sccc12. The number of rotatable bonds is 6. The van der Waals surface area contributed by atoms with E-state index in [-0.39, 0.29) is 5.91 Å². The molecule has 0 spiro atoms. The van der Waals surface area contributed by atoms with Crippen LogP contribution in [0.4, 0.5) is 0 Å². The van der Waals surface area contributed by atoms with Crippen molar-refractivity contribution < 1.29 is 4.79 Å². The van der Waals surface area contributed by atoms with Crippen molar-refractivity contribution in [3.8, 4) is 0 Å². The molecule has 20 heavy (non-hydrogen) atoms. The molecule has 0 aromatic carbocycles. The van der Waals surface area contributed by atoms with Crippen LogP contribution in [0.15, 0.2) is 35.0 Å². The Morgan fingerprint density at radius 3 is 3.00 bits per heavy atom. The first-order chi connectivity index (χ1) is 9.61. The summed E-state index contributed by atoms with van der Waals surface area (Å²) in [6, 6.07) is 2.00. The molecule has 0 aliphatic carbocycles. The predicted molar refractivity (Wildman–Crippen MR) is 85.2 cm³/mol. The monoisotopic (exact) mass is 307 g/mol. The first-order valence-corrected chi connectivity index (χ1v) is 8.21. The van der Waals surface area contributed by atoms with Gasteiger partial charge >= 0.3 is 0 Å². The Hall–Kier alpha value is -1.40. The number of hydrogen-bond donors (Lipinski definition) is 0. The summed E-state index contributed by atoms with van der Waals surface area (Å²) in [4.78, 5) is 23.4. The average molecular weight is 307 g/mol. The van der Waals surface area contributed by atoms with Crippen molar-refractivity contribution in [2.75, 3.05) is 18.8 Å². The lowest BCUT2D eigenvalue weighted by Crippen LogP contribution is -2.33. The molecule has 0 saturated heterocycles. The molecule has 0 radical (unpaired) electrons. The summed E-state index contributed by atoms with van der Waals surface area (Å²) >= 11 is 3.05. The number of carbonyl (C=O) groups excluding carboxylic acids is 1. The highest BCUT2D eigenvalue weighted by atomic mass is 32.2. The molecule has 0 aliphatic heterocycles. The number of hydrogen-bond acceptors (Lipinski definition) is 5. The number of likely N-dealkylation sites (N-methyl/N-ethyl adjacent to an activating group) is 1. The highest BCUT2D eigenvalue weighted by Crippen LogP contribution is 2.27. The van der Waals surface area contributed by atoms with Crippen LogP contribution in [0.1, 0.15) is 13.8 Å². The fraction of sp³-hybridized carbons (Fsp3) is 0.357. The molecule has 0 bridgehead atoms. The smallest absolute Gasteiger partial charge is 0.233 e. The zero-order valence-corrected chi connectivity index (χ0v) is 13.3. The van der Waals surface area contributed by atoms with E-state index in [1.807, 2.05) is 25.3 Å². The number of thiophene rings is 1. The normalized spacial score (nSPS) is 10.7. The maximum atomic E-state index is 12.2. The predicted octanol–water partition coefficient (Wildman–Crippen LogP) is 3.21. The van der Waals surface area contributed by atoms with Gasteiger partial charge in [0.2, 0.25) is 5.91 Å². The molecule has 6 heteroatoms. The molecule has 0 aliphatic rings. The van der Waals surface area contributed by atoms with E-state index in [4.69, 9.17) is 0 Å². The van der Waals surface area contributed by atoms with Gasteiger partial charge in [0.15, 0.2) is 0 Å². The Morgan fingerprint density at radius 1 is 1.50 bits per heavy atom. The Bertz CT molecular complexity index is 624. The van der Waals surface area contributed by atoms with Gasteiger partial charge in [-0.1, -0.05) is 23.9 Å². The van der Waals surface area contributed by atoms with Gasteiger partial charge < -0.3 is 4.90 Å². The molecule has 2 heterocycles. The van der Waals surface area contributed by atoms with Gasteiger partial charge in [-0.25, -0.2) is 9.97 Å². The van der Waals surface area contributed by atoms with Crippen molar-refractivity contribution >= 4 is 39.2 Å². The average Bonchev–Trinajstić information content (AvgIpc) is 2.90. The van der Waals surface area contributed by atoms with Crippen molar-refractivity contribution in [3.63, 3.8) is 0 Å². The third-order valence-electron chi connectivity index (χ3n) is 2.75. The number of fused-ring (bicyclic) bond motifs is 1. The van der Waals surface area contributed by atoms with Crippen molar-refractivity contribution in [1.29, 1.82) is 0 Å². The van der Waals surface area contributed by atoms with Gasteiger partial charge in [-0.2, -0.15) is 0 Å². The van der Waals surface area contributed by atoms with Gasteiger partial charge in [0.1, 0.15) is 16.2 Å². The molecule has 106 valence electrons. The van der Waals surface area contributed by atoms with Crippen LogP contribution in [0.2, 0.25) is 0 Å². The first kappa shape index (κ1) is 15.0. The highest BCUT2D eigenvalue weighted by Gasteiger charge is 2.13.